The van der Waals surface area contributed by atoms with Gasteiger partial charge in [-0.05, 0) is 77.2 Å². The number of rotatable bonds is 9. The average Bonchev–Trinajstić information content (AvgIpc) is 3.20. The molecule has 1 saturated carbocycles. The molecule has 0 unspecified atom stereocenters. The molecule has 184 valence electrons. The summed E-state index contributed by atoms with van der Waals surface area (Å²) in [5, 5.41) is 7.41. The second kappa shape index (κ2) is 12.4. The standard InChI is InChI=1S/C27H43N3O3/c1-27(2,3)33-26(31)29(20-22-12-6-5-7-13-22)18-10-15-23-14-8-9-17-25(23)28-30-19-11-16-24(30)21-32-4/h5-7,12-13,23-24H,8-11,14-21H2,1-4H3/b28-25+/t23-,24-/m1/s1. The van der Waals surface area contributed by atoms with Gasteiger partial charge in [0.15, 0.2) is 0 Å². The van der Waals surface area contributed by atoms with Gasteiger partial charge in [0.25, 0.3) is 0 Å². The quantitative estimate of drug-likeness (QED) is 0.466. The summed E-state index contributed by atoms with van der Waals surface area (Å²) in [6, 6.07) is 10.6. The fraction of sp³-hybridized carbons (Fsp3) is 0.704. The third-order valence-corrected chi connectivity index (χ3v) is 6.52. The van der Waals surface area contributed by atoms with Gasteiger partial charge in [-0.2, -0.15) is 5.10 Å². The van der Waals surface area contributed by atoms with Gasteiger partial charge in [-0.25, -0.2) is 4.79 Å². The molecule has 3 rings (SSSR count). The number of hydrogen-bond donors (Lipinski definition) is 0. The second-order valence-corrected chi connectivity index (χ2v) is 10.5. The number of hydrazone groups is 1. The molecule has 2 atom stereocenters. The summed E-state index contributed by atoms with van der Waals surface area (Å²) in [7, 11) is 1.78. The highest BCUT2D eigenvalue weighted by molar-refractivity contribution is 5.87. The fourth-order valence-corrected chi connectivity index (χ4v) is 4.88. The number of carbonyl (C=O) groups excluding carboxylic acids is 1. The van der Waals surface area contributed by atoms with E-state index in [-0.39, 0.29) is 6.09 Å². The van der Waals surface area contributed by atoms with Crippen molar-refractivity contribution in [3.05, 3.63) is 35.9 Å². The van der Waals surface area contributed by atoms with Gasteiger partial charge < -0.3 is 14.4 Å². The van der Waals surface area contributed by atoms with Crippen LogP contribution in [0.5, 0.6) is 0 Å². The lowest BCUT2D eigenvalue weighted by atomic mass is 9.84. The molecule has 1 aliphatic heterocycles. The summed E-state index contributed by atoms with van der Waals surface area (Å²) in [5.74, 6) is 0.514. The third-order valence-electron chi connectivity index (χ3n) is 6.52. The van der Waals surface area contributed by atoms with Crippen molar-refractivity contribution in [2.24, 2.45) is 11.0 Å². The highest BCUT2D eigenvalue weighted by Crippen LogP contribution is 2.28. The number of ether oxygens (including phenoxy) is 2. The molecule has 0 bridgehead atoms. The monoisotopic (exact) mass is 457 g/mol. The van der Waals surface area contributed by atoms with E-state index in [4.69, 9.17) is 14.6 Å². The molecule has 1 aliphatic carbocycles. The zero-order valence-corrected chi connectivity index (χ0v) is 21.1. The molecule has 2 aliphatic rings. The maximum absolute atomic E-state index is 12.9. The van der Waals surface area contributed by atoms with Gasteiger partial charge in [0, 0.05) is 32.5 Å². The molecule has 6 nitrogen and oxygen atoms in total. The number of amides is 1. The Morgan fingerprint density at radius 3 is 2.67 bits per heavy atom. The number of benzene rings is 1. The van der Waals surface area contributed by atoms with Crippen molar-refractivity contribution in [1.29, 1.82) is 0 Å². The van der Waals surface area contributed by atoms with Crippen LogP contribution in [0.15, 0.2) is 35.4 Å². The Kier molecular flexibility index (Phi) is 9.60. The Bertz CT molecular complexity index is 760. The van der Waals surface area contributed by atoms with Crippen LogP contribution in [0, 0.1) is 5.92 Å². The molecular formula is C27H43N3O3. The predicted octanol–water partition coefficient (Wildman–Crippen LogP) is 5.86. The summed E-state index contributed by atoms with van der Waals surface area (Å²) in [6.45, 7) is 8.83. The lowest BCUT2D eigenvalue weighted by molar-refractivity contribution is 0.0229. The zero-order valence-electron chi connectivity index (χ0n) is 21.1. The molecule has 0 radical (unpaired) electrons. The van der Waals surface area contributed by atoms with Gasteiger partial charge in [-0.3, -0.25) is 5.01 Å². The fourth-order valence-electron chi connectivity index (χ4n) is 4.88. The lowest BCUT2D eigenvalue weighted by Crippen LogP contribution is -2.37. The van der Waals surface area contributed by atoms with Gasteiger partial charge in [-0.15, -0.1) is 0 Å². The van der Waals surface area contributed by atoms with E-state index in [0.717, 1.165) is 38.0 Å². The summed E-state index contributed by atoms with van der Waals surface area (Å²) < 4.78 is 11.1. The molecule has 6 heteroatoms. The van der Waals surface area contributed by atoms with Crippen molar-refractivity contribution in [2.45, 2.75) is 90.3 Å². The first kappa shape index (κ1) is 25.5. The summed E-state index contributed by atoms with van der Waals surface area (Å²) in [6.07, 6.45) is 8.95. The molecule has 2 fully saturated rings. The average molecular weight is 458 g/mol. The maximum atomic E-state index is 12.9. The molecule has 1 aromatic carbocycles. The van der Waals surface area contributed by atoms with Crippen LogP contribution in [0.25, 0.3) is 0 Å². The van der Waals surface area contributed by atoms with E-state index >= 15 is 0 Å². The Morgan fingerprint density at radius 2 is 1.94 bits per heavy atom. The molecule has 33 heavy (non-hydrogen) atoms. The van der Waals surface area contributed by atoms with Crippen LogP contribution in [-0.4, -0.2) is 60.2 Å². The smallest absolute Gasteiger partial charge is 0.410 e. The molecule has 0 spiro atoms. The molecular weight excluding hydrogens is 414 g/mol. The van der Waals surface area contributed by atoms with E-state index in [1.807, 2.05) is 43.9 Å². The Morgan fingerprint density at radius 1 is 1.15 bits per heavy atom. The van der Waals surface area contributed by atoms with Gasteiger partial charge >= 0.3 is 6.09 Å². The molecule has 0 N–H and O–H groups in total. The first-order valence-electron chi connectivity index (χ1n) is 12.7. The highest BCUT2D eigenvalue weighted by Gasteiger charge is 2.27. The minimum absolute atomic E-state index is 0.233. The first-order chi connectivity index (χ1) is 15.9. The number of carbonyl (C=O) groups is 1. The van der Waals surface area contributed by atoms with E-state index in [1.165, 1.54) is 37.8 Å². The topological polar surface area (TPSA) is 54.4 Å². The number of hydrogen-bond acceptors (Lipinski definition) is 5. The number of methoxy groups -OCH3 is 1. The summed E-state index contributed by atoms with van der Waals surface area (Å²) >= 11 is 0. The van der Waals surface area contributed by atoms with Crippen molar-refractivity contribution >= 4 is 11.8 Å². The molecule has 1 saturated heterocycles. The van der Waals surface area contributed by atoms with Gasteiger partial charge in [0.2, 0.25) is 0 Å². The number of nitrogens with zero attached hydrogens (tertiary/aromatic N) is 3. The molecule has 1 amide bonds. The predicted molar refractivity (Wildman–Crippen MR) is 133 cm³/mol. The Labute approximate surface area is 200 Å². The van der Waals surface area contributed by atoms with Crippen LogP contribution < -0.4 is 0 Å². The Balaban J connectivity index is 1.60. The SMILES string of the molecule is COC[C@H]1CCCN1/N=C1\CCCC[C@@H]1CCCN(Cc1ccccc1)C(=O)OC(C)(C)C. The van der Waals surface area contributed by atoms with Crippen molar-refractivity contribution in [1.82, 2.24) is 9.91 Å². The molecule has 1 aromatic rings. The summed E-state index contributed by atoms with van der Waals surface area (Å²) in [4.78, 5) is 14.8. The van der Waals surface area contributed by atoms with E-state index in [1.54, 1.807) is 7.11 Å². The van der Waals surface area contributed by atoms with Crippen LogP contribution >= 0.6 is 0 Å². The van der Waals surface area contributed by atoms with Crippen LogP contribution in [0.2, 0.25) is 0 Å². The molecule has 1 heterocycles. The van der Waals surface area contributed by atoms with Gasteiger partial charge in [-0.1, -0.05) is 36.8 Å². The van der Waals surface area contributed by atoms with Gasteiger partial charge in [0.05, 0.1) is 12.6 Å². The lowest BCUT2D eigenvalue weighted by Gasteiger charge is -2.30. The van der Waals surface area contributed by atoms with Gasteiger partial charge in [0.1, 0.15) is 5.60 Å². The van der Waals surface area contributed by atoms with Crippen LogP contribution in [0.1, 0.15) is 77.7 Å². The largest absolute Gasteiger partial charge is 0.444 e. The third kappa shape index (κ3) is 8.33. The van der Waals surface area contributed by atoms with Crippen LogP contribution in [0.3, 0.4) is 0 Å². The minimum Gasteiger partial charge on any atom is -0.444 e. The minimum atomic E-state index is -0.496. The summed E-state index contributed by atoms with van der Waals surface area (Å²) in [5.41, 5.74) is 1.99. The second-order valence-electron chi connectivity index (χ2n) is 10.5. The maximum Gasteiger partial charge on any atom is 0.410 e. The Hall–Kier alpha value is -2.08. The van der Waals surface area contributed by atoms with Crippen LogP contribution in [0.4, 0.5) is 4.79 Å². The highest BCUT2D eigenvalue weighted by atomic mass is 16.6. The van der Waals surface area contributed by atoms with Crippen molar-refractivity contribution in [3.63, 3.8) is 0 Å². The normalized spacial score (nSPS) is 22.5. The van der Waals surface area contributed by atoms with Crippen molar-refractivity contribution < 1.29 is 14.3 Å². The van der Waals surface area contributed by atoms with E-state index < -0.39 is 5.60 Å². The van der Waals surface area contributed by atoms with Crippen LogP contribution in [-0.2, 0) is 16.0 Å². The van der Waals surface area contributed by atoms with Crippen molar-refractivity contribution in [2.75, 3.05) is 26.8 Å². The molecule has 0 aromatic heterocycles. The van der Waals surface area contributed by atoms with E-state index in [2.05, 4.69) is 17.1 Å². The zero-order chi connectivity index (χ0) is 23.7. The first-order valence-corrected chi connectivity index (χ1v) is 12.7. The van der Waals surface area contributed by atoms with E-state index in [0.29, 0.717) is 25.0 Å². The van der Waals surface area contributed by atoms with E-state index in [9.17, 15) is 4.79 Å². The van der Waals surface area contributed by atoms with Crippen molar-refractivity contribution in [3.8, 4) is 0 Å².